The molecule has 0 aliphatic heterocycles. The fourth-order valence-corrected chi connectivity index (χ4v) is 2.33. The number of rotatable bonds is 4. The van der Waals surface area contributed by atoms with Gasteiger partial charge in [-0.3, -0.25) is 9.69 Å². The van der Waals surface area contributed by atoms with Crippen molar-refractivity contribution in [3.63, 3.8) is 0 Å². The smallest absolute Gasteiger partial charge is 0.391 e. The van der Waals surface area contributed by atoms with Crippen LogP contribution in [0.5, 0.6) is 5.88 Å². The molecule has 0 saturated heterocycles. The second-order valence-electron chi connectivity index (χ2n) is 5.79. The number of hydrogen-bond acceptors (Lipinski definition) is 5. The number of aromatic nitrogens is 1. The van der Waals surface area contributed by atoms with E-state index in [2.05, 4.69) is 10.3 Å². The lowest BCUT2D eigenvalue weighted by Gasteiger charge is -2.16. The normalized spacial score (nSPS) is 9.86. The molecule has 0 saturated carbocycles. The minimum absolute atomic E-state index is 0.115. The largest absolute Gasteiger partial charge is 0.420 e. The van der Waals surface area contributed by atoms with Crippen LogP contribution in [0.3, 0.4) is 0 Å². The van der Waals surface area contributed by atoms with Crippen molar-refractivity contribution in [2.24, 2.45) is 0 Å². The summed E-state index contributed by atoms with van der Waals surface area (Å²) in [4.78, 5) is 29.8. The number of carbonyl (C=O) groups excluding carboxylic acids is 2. The molecule has 3 rings (SSSR count). The average molecular weight is 372 g/mol. The molecule has 0 aliphatic carbocycles. The molecule has 0 fully saturated rings. The molecular formula is C21H16N4O3. The number of ether oxygens (including phenoxy) is 1. The Labute approximate surface area is 161 Å². The Morgan fingerprint density at radius 2 is 1.75 bits per heavy atom. The van der Waals surface area contributed by atoms with Crippen molar-refractivity contribution < 1.29 is 14.3 Å². The van der Waals surface area contributed by atoms with Crippen molar-refractivity contribution in [1.29, 1.82) is 5.26 Å². The van der Waals surface area contributed by atoms with Crippen LogP contribution in [0.2, 0.25) is 0 Å². The minimum Gasteiger partial charge on any atom is -0.391 e. The van der Waals surface area contributed by atoms with Crippen LogP contribution < -0.4 is 15.0 Å². The molecule has 1 N–H and O–H groups in total. The number of amides is 2. The summed E-state index contributed by atoms with van der Waals surface area (Å²) in [5.41, 5.74) is 2.04. The van der Waals surface area contributed by atoms with Gasteiger partial charge >= 0.3 is 6.09 Å². The molecule has 7 nitrogen and oxygen atoms in total. The van der Waals surface area contributed by atoms with Gasteiger partial charge in [-0.2, -0.15) is 5.26 Å². The number of benzene rings is 2. The van der Waals surface area contributed by atoms with E-state index in [1.54, 1.807) is 49.5 Å². The number of nitrogens with one attached hydrogen (secondary N) is 1. The van der Waals surface area contributed by atoms with E-state index >= 15 is 0 Å². The Morgan fingerprint density at radius 1 is 1.04 bits per heavy atom. The van der Waals surface area contributed by atoms with Crippen LogP contribution in [0, 0.1) is 11.3 Å². The summed E-state index contributed by atoms with van der Waals surface area (Å²) in [7, 11) is 1.60. The first-order chi connectivity index (χ1) is 13.6. The molecular weight excluding hydrogens is 356 g/mol. The number of hydrogen-bond donors (Lipinski definition) is 1. The maximum absolute atomic E-state index is 12.2. The Balaban J connectivity index is 1.60. The maximum atomic E-state index is 12.2. The highest BCUT2D eigenvalue weighted by Crippen LogP contribution is 2.16. The van der Waals surface area contributed by atoms with Gasteiger partial charge in [0.1, 0.15) is 0 Å². The molecule has 1 aromatic heterocycles. The lowest BCUT2D eigenvalue weighted by atomic mass is 10.1. The number of para-hydroxylation sites is 1. The summed E-state index contributed by atoms with van der Waals surface area (Å²) in [6.45, 7) is 0. The van der Waals surface area contributed by atoms with Crippen LogP contribution in [0.4, 0.5) is 16.2 Å². The number of anilines is 2. The van der Waals surface area contributed by atoms with Crippen molar-refractivity contribution in [2.45, 2.75) is 0 Å². The number of nitriles is 1. The Kier molecular flexibility index (Phi) is 5.63. The van der Waals surface area contributed by atoms with E-state index in [0.29, 0.717) is 22.5 Å². The summed E-state index contributed by atoms with van der Waals surface area (Å²) in [5.74, 6) is -0.219. The third kappa shape index (κ3) is 4.51. The topological polar surface area (TPSA) is 95.3 Å². The lowest BCUT2D eigenvalue weighted by molar-refractivity contribution is 0.102. The van der Waals surface area contributed by atoms with Gasteiger partial charge in [0, 0.05) is 24.4 Å². The van der Waals surface area contributed by atoms with Gasteiger partial charge in [-0.1, -0.05) is 18.2 Å². The summed E-state index contributed by atoms with van der Waals surface area (Å²) in [6.07, 6.45) is 0.820. The van der Waals surface area contributed by atoms with E-state index in [4.69, 9.17) is 10.00 Å². The zero-order chi connectivity index (χ0) is 19.9. The highest BCUT2D eigenvalue weighted by atomic mass is 16.6. The second-order valence-corrected chi connectivity index (χ2v) is 5.79. The van der Waals surface area contributed by atoms with Crippen LogP contribution >= 0.6 is 0 Å². The SMILES string of the molecule is CN(C(=O)Oc1ccc(NC(=O)c2ccc(C#N)cc2)cn1)c1ccccc1. The number of nitrogens with zero attached hydrogens (tertiary/aromatic N) is 3. The van der Waals surface area contributed by atoms with Gasteiger partial charge < -0.3 is 10.1 Å². The van der Waals surface area contributed by atoms with E-state index in [9.17, 15) is 9.59 Å². The Morgan fingerprint density at radius 3 is 2.36 bits per heavy atom. The van der Waals surface area contributed by atoms with Crippen LogP contribution in [-0.2, 0) is 0 Å². The Hall–Kier alpha value is -4.18. The summed E-state index contributed by atoms with van der Waals surface area (Å²) in [5, 5.41) is 11.5. The van der Waals surface area contributed by atoms with Crippen molar-refractivity contribution in [3.05, 3.63) is 84.1 Å². The van der Waals surface area contributed by atoms with Crippen molar-refractivity contribution in [2.75, 3.05) is 17.3 Å². The highest BCUT2D eigenvalue weighted by Gasteiger charge is 2.14. The molecule has 0 unspecified atom stereocenters. The van der Waals surface area contributed by atoms with E-state index in [1.165, 1.54) is 17.2 Å². The van der Waals surface area contributed by atoms with E-state index in [1.807, 2.05) is 24.3 Å². The van der Waals surface area contributed by atoms with E-state index < -0.39 is 6.09 Å². The highest BCUT2D eigenvalue weighted by molar-refractivity contribution is 6.04. The minimum atomic E-state index is -0.576. The van der Waals surface area contributed by atoms with Gasteiger partial charge in [0.2, 0.25) is 5.88 Å². The van der Waals surface area contributed by atoms with Gasteiger partial charge in [0.15, 0.2) is 0 Å². The summed E-state index contributed by atoms with van der Waals surface area (Å²) < 4.78 is 5.23. The molecule has 138 valence electrons. The third-order valence-corrected chi connectivity index (χ3v) is 3.88. The first-order valence-corrected chi connectivity index (χ1v) is 8.35. The third-order valence-electron chi connectivity index (χ3n) is 3.88. The van der Waals surface area contributed by atoms with E-state index in [0.717, 1.165) is 0 Å². The molecule has 7 heteroatoms. The van der Waals surface area contributed by atoms with Gasteiger partial charge in [0.25, 0.3) is 5.91 Å². The summed E-state index contributed by atoms with van der Waals surface area (Å²) >= 11 is 0. The fraction of sp³-hybridized carbons (Fsp3) is 0.0476. The zero-order valence-corrected chi connectivity index (χ0v) is 15.0. The standard InChI is InChI=1S/C21H16N4O3/c1-25(18-5-3-2-4-6-18)21(27)28-19-12-11-17(14-23-19)24-20(26)16-9-7-15(13-22)8-10-16/h2-12,14H,1H3,(H,24,26). The first-order valence-electron chi connectivity index (χ1n) is 8.35. The van der Waals surface area contributed by atoms with E-state index in [-0.39, 0.29) is 11.8 Å². The molecule has 0 bridgehead atoms. The predicted molar refractivity (Wildman–Crippen MR) is 104 cm³/mol. The van der Waals surface area contributed by atoms with Gasteiger partial charge in [0.05, 0.1) is 23.5 Å². The Bertz CT molecular complexity index is 1010. The lowest BCUT2D eigenvalue weighted by Crippen LogP contribution is -2.29. The molecule has 2 aromatic carbocycles. The van der Waals surface area contributed by atoms with Crippen LogP contribution in [0.15, 0.2) is 72.9 Å². The van der Waals surface area contributed by atoms with Gasteiger partial charge in [-0.15, -0.1) is 0 Å². The molecule has 3 aromatic rings. The quantitative estimate of drug-likeness (QED) is 0.751. The second kappa shape index (κ2) is 8.47. The van der Waals surface area contributed by atoms with Crippen LogP contribution in [-0.4, -0.2) is 24.0 Å². The average Bonchev–Trinajstić information content (AvgIpc) is 2.75. The van der Waals surface area contributed by atoms with Gasteiger partial charge in [-0.25, -0.2) is 9.78 Å². The molecule has 0 atom stereocenters. The fourth-order valence-electron chi connectivity index (χ4n) is 2.33. The number of pyridine rings is 1. The molecule has 0 aliphatic rings. The molecule has 2 amide bonds. The van der Waals surface area contributed by atoms with Crippen LogP contribution in [0.25, 0.3) is 0 Å². The summed E-state index contributed by atoms with van der Waals surface area (Å²) in [6, 6.07) is 20.4. The predicted octanol–water partition coefficient (Wildman–Crippen LogP) is 3.84. The van der Waals surface area contributed by atoms with Crippen molar-refractivity contribution in [3.8, 4) is 11.9 Å². The van der Waals surface area contributed by atoms with Crippen LogP contribution in [0.1, 0.15) is 15.9 Å². The van der Waals surface area contributed by atoms with Crippen molar-refractivity contribution in [1.82, 2.24) is 4.98 Å². The number of carbonyl (C=O) groups is 2. The van der Waals surface area contributed by atoms with Crippen molar-refractivity contribution >= 4 is 23.4 Å². The molecule has 0 radical (unpaired) electrons. The zero-order valence-electron chi connectivity index (χ0n) is 15.0. The molecule has 0 spiro atoms. The molecule has 28 heavy (non-hydrogen) atoms. The first kappa shape index (κ1) is 18.6. The maximum Gasteiger partial charge on any atom is 0.420 e. The monoisotopic (exact) mass is 372 g/mol. The van der Waals surface area contributed by atoms with Gasteiger partial charge in [-0.05, 0) is 42.5 Å². The molecule has 1 heterocycles.